The first kappa shape index (κ1) is 10.2. The number of aryl methyl sites for hydroxylation is 1. The van der Waals surface area contributed by atoms with Crippen molar-refractivity contribution in [3.8, 4) is 0 Å². The number of carbonyl (C=O) groups excluding carboxylic acids is 1. The van der Waals surface area contributed by atoms with Gasteiger partial charge in [0.05, 0.1) is 0 Å². The maximum absolute atomic E-state index is 11.9. The first-order valence-electron chi connectivity index (χ1n) is 5.70. The van der Waals surface area contributed by atoms with Gasteiger partial charge in [-0.15, -0.1) is 0 Å². The minimum Gasteiger partial charge on any atom is -0.349 e. The van der Waals surface area contributed by atoms with E-state index in [0.717, 1.165) is 31.2 Å². The van der Waals surface area contributed by atoms with Gasteiger partial charge >= 0.3 is 0 Å². The van der Waals surface area contributed by atoms with E-state index in [1.807, 2.05) is 18.2 Å². The van der Waals surface area contributed by atoms with E-state index in [1.54, 1.807) is 0 Å². The maximum Gasteiger partial charge on any atom is 0.251 e. The van der Waals surface area contributed by atoms with Crippen molar-refractivity contribution < 1.29 is 4.79 Å². The highest BCUT2D eigenvalue weighted by molar-refractivity contribution is 5.96. The molecule has 2 rings (SSSR count). The van der Waals surface area contributed by atoms with E-state index in [2.05, 4.69) is 18.3 Å². The average Bonchev–Trinajstić information content (AvgIpc) is 2.40. The van der Waals surface area contributed by atoms with Gasteiger partial charge in [0, 0.05) is 11.6 Å². The summed E-state index contributed by atoms with van der Waals surface area (Å²) in [7, 11) is 0. The van der Waals surface area contributed by atoms with Gasteiger partial charge in [-0.3, -0.25) is 4.79 Å². The van der Waals surface area contributed by atoms with Crippen molar-refractivity contribution in [2.45, 2.75) is 38.6 Å². The Bertz CT molecular complexity index is 359. The van der Waals surface area contributed by atoms with Gasteiger partial charge in [-0.1, -0.05) is 31.5 Å². The van der Waals surface area contributed by atoms with Gasteiger partial charge in [0.2, 0.25) is 0 Å². The molecule has 0 radical (unpaired) electrons. The van der Waals surface area contributed by atoms with Gasteiger partial charge in [0.25, 0.3) is 5.91 Å². The number of rotatable bonds is 2. The summed E-state index contributed by atoms with van der Waals surface area (Å²) >= 11 is 0. The predicted octanol–water partition coefficient (Wildman–Crippen LogP) is 2.53. The number of carbonyl (C=O) groups is 1. The third kappa shape index (κ3) is 2.20. The largest absolute Gasteiger partial charge is 0.349 e. The van der Waals surface area contributed by atoms with Gasteiger partial charge in [-0.25, -0.2) is 0 Å². The quantitative estimate of drug-likeness (QED) is 0.786. The van der Waals surface area contributed by atoms with Crippen LogP contribution in [0.1, 0.15) is 42.1 Å². The maximum atomic E-state index is 11.9. The zero-order valence-electron chi connectivity index (χ0n) is 9.12. The monoisotopic (exact) mass is 203 g/mol. The number of benzene rings is 1. The van der Waals surface area contributed by atoms with Gasteiger partial charge in [-0.05, 0) is 30.9 Å². The van der Waals surface area contributed by atoms with Crippen LogP contribution in [0, 0.1) is 0 Å². The molecule has 0 unspecified atom stereocenters. The van der Waals surface area contributed by atoms with Crippen LogP contribution in [0.4, 0.5) is 0 Å². The summed E-state index contributed by atoms with van der Waals surface area (Å²) in [5.41, 5.74) is 2.05. The van der Waals surface area contributed by atoms with Crippen LogP contribution in [0.2, 0.25) is 0 Å². The molecule has 15 heavy (non-hydrogen) atoms. The van der Waals surface area contributed by atoms with Crippen molar-refractivity contribution >= 4 is 5.91 Å². The molecule has 0 aliphatic carbocycles. The number of fused-ring (bicyclic) bond motifs is 1. The van der Waals surface area contributed by atoms with Crippen molar-refractivity contribution in [2.75, 3.05) is 0 Å². The molecule has 1 heterocycles. The highest BCUT2D eigenvalue weighted by Gasteiger charge is 2.19. The van der Waals surface area contributed by atoms with Crippen molar-refractivity contribution in [1.82, 2.24) is 5.32 Å². The Labute approximate surface area is 90.7 Å². The van der Waals surface area contributed by atoms with Crippen LogP contribution in [0.5, 0.6) is 0 Å². The van der Waals surface area contributed by atoms with Gasteiger partial charge in [0.1, 0.15) is 0 Å². The molecule has 0 saturated heterocycles. The highest BCUT2D eigenvalue weighted by atomic mass is 16.1. The minimum atomic E-state index is 0.0987. The third-order valence-corrected chi connectivity index (χ3v) is 3.00. The lowest BCUT2D eigenvalue weighted by Crippen LogP contribution is -2.33. The molecule has 0 fully saturated rings. The van der Waals surface area contributed by atoms with Crippen LogP contribution in [0.15, 0.2) is 24.3 Å². The molecule has 0 bridgehead atoms. The summed E-state index contributed by atoms with van der Waals surface area (Å²) in [4.78, 5) is 11.9. The topological polar surface area (TPSA) is 29.1 Å². The standard InChI is InChI=1S/C13H17NO/c1-2-5-11-9-8-10-6-3-4-7-12(10)13(15)14-11/h3-4,6-7,11H,2,5,8-9H2,1H3,(H,14,15)/t11-/m0/s1. The Hall–Kier alpha value is -1.31. The van der Waals surface area contributed by atoms with Crippen molar-refractivity contribution in [1.29, 1.82) is 0 Å². The minimum absolute atomic E-state index is 0.0987. The van der Waals surface area contributed by atoms with E-state index in [1.165, 1.54) is 5.56 Å². The number of hydrogen-bond acceptors (Lipinski definition) is 1. The molecule has 2 heteroatoms. The van der Waals surface area contributed by atoms with Crippen LogP contribution in [0.3, 0.4) is 0 Å². The van der Waals surface area contributed by atoms with E-state index in [-0.39, 0.29) is 5.91 Å². The summed E-state index contributed by atoms with van der Waals surface area (Å²) < 4.78 is 0. The molecule has 80 valence electrons. The smallest absolute Gasteiger partial charge is 0.251 e. The molecular formula is C13H17NO. The molecule has 1 amide bonds. The predicted molar refractivity (Wildman–Crippen MR) is 60.9 cm³/mol. The van der Waals surface area contributed by atoms with E-state index >= 15 is 0 Å². The van der Waals surface area contributed by atoms with Crippen molar-refractivity contribution in [3.05, 3.63) is 35.4 Å². The van der Waals surface area contributed by atoms with E-state index in [0.29, 0.717) is 6.04 Å². The van der Waals surface area contributed by atoms with E-state index in [4.69, 9.17) is 0 Å². The highest BCUT2D eigenvalue weighted by Crippen LogP contribution is 2.18. The average molecular weight is 203 g/mol. The Kier molecular flexibility index (Phi) is 3.05. The molecule has 0 spiro atoms. The molecular weight excluding hydrogens is 186 g/mol. The number of amides is 1. The summed E-state index contributed by atoms with van der Waals surface area (Å²) in [5.74, 6) is 0.0987. The summed E-state index contributed by atoms with van der Waals surface area (Å²) in [5, 5.41) is 3.10. The zero-order chi connectivity index (χ0) is 10.7. The SMILES string of the molecule is CCC[C@H]1CCc2ccccc2C(=O)N1. The van der Waals surface area contributed by atoms with Crippen molar-refractivity contribution in [2.24, 2.45) is 0 Å². The Morgan fingerprint density at radius 3 is 3.00 bits per heavy atom. The fourth-order valence-electron chi connectivity index (χ4n) is 2.19. The molecule has 0 aromatic heterocycles. The molecule has 1 aliphatic heterocycles. The van der Waals surface area contributed by atoms with Crippen LogP contribution in [0.25, 0.3) is 0 Å². The van der Waals surface area contributed by atoms with Crippen LogP contribution in [-0.2, 0) is 6.42 Å². The molecule has 1 aliphatic rings. The lowest BCUT2D eigenvalue weighted by molar-refractivity contribution is 0.0937. The molecule has 2 nitrogen and oxygen atoms in total. The van der Waals surface area contributed by atoms with Crippen LogP contribution < -0.4 is 5.32 Å². The van der Waals surface area contributed by atoms with Crippen LogP contribution >= 0.6 is 0 Å². The third-order valence-electron chi connectivity index (χ3n) is 3.00. The fraction of sp³-hybridized carbons (Fsp3) is 0.462. The van der Waals surface area contributed by atoms with Gasteiger partial charge in [0.15, 0.2) is 0 Å². The lowest BCUT2D eigenvalue weighted by Gasteiger charge is -2.13. The lowest BCUT2D eigenvalue weighted by atomic mass is 10.0. The van der Waals surface area contributed by atoms with Crippen LogP contribution in [-0.4, -0.2) is 11.9 Å². The summed E-state index contributed by atoms with van der Waals surface area (Å²) in [6, 6.07) is 8.27. The first-order chi connectivity index (χ1) is 7.31. The molecule has 1 N–H and O–H groups in total. The number of hydrogen-bond donors (Lipinski definition) is 1. The normalized spacial score (nSPS) is 20.3. The van der Waals surface area contributed by atoms with Gasteiger partial charge in [-0.2, -0.15) is 0 Å². The zero-order valence-corrected chi connectivity index (χ0v) is 9.12. The second-order valence-corrected chi connectivity index (χ2v) is 4.15. The molecule has 1 aromatic carbocycles. The Morgan fingerprint density at radius 1 is 1.40 bits per heavy atom. The molecule has 1 aromatic rings. The van der Waals surface area contributed by atoms with E-state index in [9.17, 15) is 4.79 Å². The molecule has 1 atom stereocenters. The molecule has 0 saturated carbocycles. The Morgan fingerprint density at radius 2 is 2.20 bits per heavy atom. The first-order valence-corrected chi connectivity index (χ1v) is 5.70. The van der Waals surface area contributed by atoms with Gasteiger partial charge < -0.3 is 5.32 Å². The fourth-order valence-corrected chi connectivity index (χ4v) is 2.19. The Balaban J connectivity index is 2.21. The van der Waals surface area contributed by atoms with Crippen molar-refractivity contribution in [3.63, 3.8) is 0 Å². The van der Waals surface area contributed by atoms with E-state index < -0.39 is 0 Å². The summed E-state index contributed by atoms with van der Waals surface area (Å²) in [6.07, 6.45) is 4.29. The summed E-state index contributed by atoms with van der Waals surface area (Å²) in [6.45, 7) is 2.16. The second-order valence-electron chi connectivity index (χ2n) is 4.15. The second kappa shape index (κ2) is 4.47. The number of nitrogens with one attached hydrogen (secondary N) is 1.